The van der Waals surface area contributed by atoms with Gasteiger partial charge in [-0.2, -0.15) is 0 Å². The third-order valence-corrected chi connectivity index (χ3v) is 7.03. The summed E-state index contributed by atoms with van der Waals surface area (Å²) >= 11 is 0. The molecule has 2 aromatic rings. The Kier molecular flexibility index (Phi) is 4.96. The van der Waals surface area contributed by atoms with Crippen LogP contribution in [0.15, 0.2) is 61.2 Å². The summed E-state index contributed by atoms with van der Waals surface area (Å²) in [5.41, 5.74) is 4.53. The summed E-state index contributed by atoms with van der Waals surface area (Å²) in [5, 5.41) is 0. The summed E-state index contributed by atoms with van der Waals surface area (Å²) in [5.74, 6) is -1.52. The Hall–Kier alpha value is -3.67. The van der Waals surface area contributed by atoms with Crippen LogP contribution in [0.1, 0.15) is 28.4 Å². The quantitative estimate of drug-likeness (QED) is 0.402. The van der Waals surface area contributed by atoms with Gasteiger partial charge < -0.3 is 9.64 Å². The number of nitrogens with zero attached hydrogens (tertiary/aromatic N) is 2. The Morgan fingerprint density at radius 3 is 2.58 bits per heavy atom. The van der Waals surface area contributed by atoms with Gasteiger partial charge in [0.15, 0.2) is 5.78 Å². The number of imide groups is 1. The number of allylic oxidation sites excluding steroid dienone is 1. The molecule has 0 unspecified atom stereocenters. The summed E-state index contributed by atoms with van der Waals surface area (Å²) in [6.45, 7) is 7.88. The highest BCUT2D eigenvalue weighted by atomic mass is 16.5. The van der Waals surface area contributed by atoms with Crippen molar-refractivity contribution in [2.75, 3.05) is 18.6 Å². The second-order valence-corrected chi connectivity index (χ2v) is 8.94. The number of anilines is 1. The van der Waals surface area contributed by atoms with Gasteiger partial charge in [-0.15, -0.1) is 6.58 Å². The first-order valence-electron chi connectivity index (χ1n) is 11.1. The third kappa shape index (κ3) is 3.04. The predicted octanol–water partition coefficient (Wildman–Crippen LogP) is 3.65. The Bertz CT molecular complexity index is 1230. The maximum atomic E-state index is 14.0. The fraction of sp³-hybridized carbons (Fsp3) is 0.296. The molecule has 0 bridgehead atoms. The highest BCUT2D eigenvalue weighted by Crippen LogP contribution is 2.50. The minimum absolute atomic E-state index is 0.149. The van der Waals surface area contributed by atoms with Crippen LogP contribution in [0, 0.1) is 18.8 Å². The van der Waals surface area contributed by atoms with Crippen LogP contribution in [0.4, 0.5) is 5.69 Å². The molecule has 33 heavy (non-hydrogen) atoms. The number of carbonyl (C=O) groups is 3. The number of methoxy groups -OCH3 is 1. The van der Waals surface area contributed by atoms with E-state index in [1.807, 2.05) is 37.0 Å². The van der Waals surface area contributed by atoms with E-state index in [9.17, 15) is 14.4 Å². The van der Waals surface area contributed by atoms with Crippen molar-refractivity contribution in [2.24, 2.45) is 11.8 Å². The van der Waals surface area contributed by atoms with Crippen molar-refractivity contribution >= 4 is 28.9 Å². The van der Waals surface area contributed by atoms with Crippen molar-refractivity contribution in [3.05, 3.63) is 77.9 Å². The van der Waals surface area contributed by atoms with Crippen molar-refractivity contribution in [1.29, 1.82) is 0 Å². The molecule has 2 aromatic carbocycles. The van der Waals surface area contributed by atoms with Crippen molar-refractivity contribution in [1.82, 2.24) is 4.90 Å². The Morgan fingerprint density at radius 1 is 1.09 bits per heavy atom. The molecule has 2 saturated heterocycles. The Morgan fingerprint density at radius 2 is 1.85 bits per heavy atom. The first-order valence-corrected chi connectivity index (χ1v) is 11.1. The Balaban J connectivity index is 1.69. The molecule has 0 aliphatic carbocycles. The molecule has 168 valence electrons. The van der Waals surface area contributed by atoms with Gasteiger partial charge in [-0.25, -0.2) is 0 Å². The summed E-state index contributed by atoms with van der Waals surface area (Å²) in [6.07, 6.45) is 3.59. The number of Topliss-reactive ketones (excluding diaryl/α,β-unsaturated/α-hetero) is 1. The zero-order valence-electron chi connectivity index (χ0n) is 18.9. The lowest BCUT2D eigenvalue weighted by Crippen LogP contribution is -2.49. The molecule has 0 saturated carbocycles. The standard InChI is InChI=1S/C27H26N2O4/c1-5-11-28-26(31)22-21-13-16(3)19-12-15(2)9-10-20(19)29(21)24(23(22)27(28)32)25(30)17-7-6-8-18(14-17)33-4/h5-10,12-14,21-24H,1,11H2,2-4H3/t21-,22+,23+,24+/m0/s1. The minimum atomic E-state index is -0.788. The van der Waals surface area contributed by atoms with Crippen LogP contribution in [0.5, 0.6) is 5.75 Å². The van der Waals surface area contributed by atoms with Crippen LogP contribution in [-0.2, 0) is 9.59 Å². The number of ether oxygens (including phenoxy) is 1. The fourth-order valence-corrected chi connectivity index (χ4v) is 5.57. The van der Waals surface area contributed by atoms with E-state index in [4.69, 9.17) is 4.74 Å². The van der Waals surface area contributed by atoms with Gasteiger partial charge in [0, 0.05) is 23.4 Å². The molecule has 4 atom stereocenters. The lowest BCUT2D eigenvalue weighted by Gasteiger charge is -2.38. The number of aryl methyl sites for hydroxylation is 1. The Labute approximate surface area is 193 Å². The topological polar surface area (TPSA) is 66.9 Å². The summed E-state index contributed by atoms with van der Waals surface area (Å²) in [4.78, 5) is 44.1. The van der Waals surface area contributed by atoms with Crippen molar-refractivity contribution < 1.29 is 19.1 Å². The first kappa shape index (κ1) is 21.2. The second-order valence-electron chi connectivity index (χ2n) is 8.94. The van der Waals surface area contributed by atoms with Gasteiger partial charge in [-0.1, -0.05) is 35.9 Å². The van der Waals surface area contributed by atoms with E-state index in [0.29, 0.717) is 11.3 Å². The van der Waals surface area contributed by atoms with Crippen LogP contribution < -0.4 is 9.64 Å². The van der Waals surface area contributed by atoms with E-state index in [0.717, 1.165) is 22.4 Å². The van der Waals surface area contributed by atoms with E-state index in [-0.39, 0.29) is 30.2 Å². The first-order chi connectivity index (χ1) is 15.9. The van der Waals surface area contributed by atoms with Gasteiger partial charge in [0.05, 0.1) is 25.0 Å². The zero-order valence-corrected chi connectivity index (χ0v) is 18.9. The van der Waals surface area contributed by atoms with E-state index in [2.05, 4.69) is 12.6 Å². The summed E-state index contributed by atoms with van der Waals surface area (Å²) in [6, 6.07) is 11.9. The highest BCUT2D eigenvalue weighted by Gasteiger charge is 2.64. The molecule has 3 aliphatic heterocycles. The summed E-state index contributed by atoms with van der Waals surface area (Å²) in [7, 11) is 1.55. The lowest BCUT2D eigenvalue weighted by molar-refractivity contribution is -0.139. The van der Waals surface area contributed by atoms with E-state index in [1.165, 1.54) is 4.90 Å². The molecule has 6 nitrogen and oxygen atoms in total. The average Bonchev–Trinajstić information content (AvgIpc) is 3.27. The van der Waals surface area contributed by atoms with E-state index < -0.39 is 17.9 Å². The van der Waals surface area contributed by atoms with Gasteiger partial charge in [0.2, 0.25) is 11.8 Å². The number of amides is 2. The lowest BCUT2D eigenvalue weighted by atomic mass is 9.85. The number of carbonyl (C=O) groups excluding carboxylic acids is 3. The predicted molar refractivity (Wildman–Crippen MR) is 126 cm³/mol. The number of fused-ring (bicyclic) bond motifs is 5. The van der Waals surface area contributed by atoms with Gasteiger partial charge in [0.25, 0.3) is 0 Å². The zero-order chi connectivity index (χ0) is 23.4. The van der Waals surface area contributed by atoms with Crippen molar-refractivity contribution in [3.63, 3.8) is 0 Å². The molecular weight excluding hydrogens is 416 g/mol. The molecule has 3 heterocycles. The number of ketones is 1. The smallest absolute Gasteiger partial charge is 0.236 e. The van der Waals surface area contributed by atoms with Gasteiger partial charge in [-0.3, -0.25) is 19.3 Å². The monoisotopic (exact) mass is 442 g/mol. The van der Waals surface area contributed by atoms with Gasteiger partial charge >= 0.3 is 0 Å². The molecule has 0 aromatic heterocycles. The molecule has 0 radical (unpaired) electrons. The van der Waals surface area contributed by atoms with Gasteiger partial charge in [-0.05, 0) is 43.7 Å². The largest absolute Gasteiger partial charge is 0.497 e. The average molecular weight is 443 g/mol. The molecule has 5 rings (SSSR count). The molecule has 0 N–H and O–H groups in total. The number of likely N-dealkylation sites (tertiary alicyclic amines) is 1. The molecular formula is C27H26N2O4. The molecule has 3 aliphatic rings. The number of benzene rings is 2. The normalized spacial score (nSPS) is 25.4. The van der Waals surface area contributed by atoms with Crippen molar-refractivity contribution in [3.8, 4) is 5.75 Å². The molecule has 2 amide bonds. The van der Waals surface area contributed by atoms with Crippen LogP contribution >= 0.6 is 0 Å². The number of hydrogen-bond acceptors (Lipinski definition) is 5. The molecule has 0 spiro atoms. The van der Waals surface area contributed by atoms with E-state index in [1.54, 1.807) is 37.5 Å². The second kappa shape index (κ2) is 7.73. The number of rotatable bonds is 5. The highest BCUT2D eigenvalue weighted by molar-refractivity contribution is 6.14. The SMILES string of the molecule is C=CCN1C(=O)[C@@H]2[C@H](C1=O)[C@@H]1C=C(C)c3cc(C)ccc3N1[C@H]2C(=O)c1cccc(OC)c1. The van der Waals surface area contributed by atoms with E-state index >= 15 is 0 Å². The minimum Gasteiger partial charge on any atom is -0.497 e. The summed E-state index contributed by atoms with van der Waals surface area (Å²) < 4.78 is 5.32. The van der Waals surface area contributed by atoms with Crippen LogP contribution in [0.3, 0.4) is 0 Å². The molecule has 6 heteroatoms. The van der Waals surface area contributed by atoms with Crippen LogP contribution in [0.25, 0.3) is 5.57 Å². The van der Waals surface area contributed by atoms with Gasteiger partial charge in [0.1, 0.15) is 11.8 Å². The fourth-order valence-electron chi connectivity index (χ4n) is 5.57. The maximum absolute atomic E-state index is 14.0. The van der Waals surface area contributed by atoms with Crippen molar-refractivity contribution in [2.45, 2.75) is 25.9 Å². The third-order valence-electron chi connectivity index (χ3n) is 7.03. The van der Waals surface area contributed by atoms with Crippen LogP contribution in [0.2, 0.25) is 0 Å². The maximum Gasteiger partial charge on any atom is 0.236 e. The van der Waals surface area contributed by atoms with Crippen LogP contribution in [-0.4, -0.2) is 48.2 Å². The number of hydrogen-bond donors (Lipinski definition) is 0. The molecule has 2 fully saturated rings.